The lowest BCUT2D eigenvalue weighted by molar-refractivity contribution is -0.146. The lowest BCUT2D eigenvalue weighted by Crippen LogP contribution is -2.67. The van der Waals surface area contributed by atoms with E-state index in [0.29, 0.717) is 0 Å². The lowest BCUT2D eigenvalue weighted by Gasteiger charge is -2.59. The van der Waals surface area contributed by atoms with Gasteiger partial charge in [-0.3, -0.25) is 9.79 Å². The maximum atomic E-state index is 12.9. The van der Waals surface area contributed by atoms with E-state index in [1.807, 2.05) is 0 Å². The van der Waals surface area contributed by atoms with Gasteiger partial charge >= 0.3 is 0 Å². The Morgan fingerprint density at radius 2 is 2.17 bits per heavy atom. The third-order valence-electron chi connectivity index (χ3n) is 3.72. The van der Waals surface area contributed by atoms with Gasteiger partial charge in [-0.1, -0.05) is 13.2 Å². The molecule has 2 rings (SSSR count). The van der Waals surface area contributed by atoms with Crippen LogP contribution in [-0.2, 0) is 4.79 Å². The third kappa shape index (κ3) is 2.17. The maximum Gasteiger partial charge on any atom is 0.245 e. The molecule has 0 aromatic carbocycles. The van der Waals surface area contributed by atoms with Crippen LogP contribution in [0.25, 0.3) is 0 Å². The number of carbonyl (C=O) groups excluding carboxylic acids is 1. The molecule has 5 heteroatoms. The predicted molar refractivity (Wildman–Crippen MR) is 69.0 cm³/mol. The molecule has 1 saturated carbocycles. The Bertz CT molecular complexity index is 416. The van der Waals surface area contributed by atoms with E-state index in [4.69, 9.17) is 0 Å². The number of aliphatic imine (C=N–C) groups is 1. The van der Waals surface area contributed by atoms with E-state index < -0.39 is 5.83 Å². The van der Waals surface area contributed by atoms with Gasteiger partial charge in [-0.25, -0.2) is 4.39 Å². The van der Waals surface area contributed by atoms with Gasteiger partial charge in [0, 0.05) is 31.6 Å². The first-order valence-corrected chi connectivity index (χ1v) is 5.99. The molecule has 1 saturated heterocycles. The van der Waals surface area contributed by atoms with Crippen molar-refractivity contribution in [1.82, 2.24) is 10.2 Å². The fraction of sp³-hybridized carbons (Fsp3) is 0.538. The van der Waals surface area contributed by atoms with Gasteiger partial charge in [0.05, 0.1) is 0 Å². The van der Waals surface area contributed by atoms with E-state index in [1.54, 1.807) is 4.90 Å². The predicted octanol–water partition coefficient (Wildman–Crippen LogP) is 1.26. The number of amides is 1. The molecule has 0 unspecified atom stereocenters. The van der Waals surface area contributed by atoms with Crippen molar-refractivity contribution in [3.8, 4) is 0 Å². The summed E-state index contributed by atoms with van der Waals surface area (Å²) in [6.45, 7) is 8.27. The van der Waals surface area contributed by atoms with Crippen LogP contribution < -0.4 is 5.32 Å². The molecule has 1 amide bonds. The number of hydrogen-bond donors (Lipinski definition) is 1. The zero-order valence-corrected chi connectivity index (χ0v) is 10.6. The van der Waals surface area contributed by atoms with Crippen molar-refractivity contribution in [3.05, 3.63) is 25.1 Å². The second-order valence-electron chi connectivity index (χ2n) is 5.13. The molecule has 0 radical (unpaired) electrons. The Labute approximate surface area is 106 Å². The minimum absolute atomic E-state index is 0.00928. The lowest BCUT2D eigenvalue weighted by atomic mass is 9.60. The Kier molecular flexibility index (Phi) is 3.24. The molecule has 1 heterocycles. The quantitative estimate of drug-likeness (QED) is 0.466. The first kappa shape index (κ1) is 12.8. The summed E-state index contributed by atoms with van der Waals surface area (Å²) in [5.74, 6) is -0.311. The highest BCUT2D eigenvalue weighted by atomic mass is 19.1. The standard InChI is InChI=1S/C13H18FN3O/c1-4-11(18)17-7-13(8-17)5-10(6-13)16-12(15-3)9(2)14/h4,10H,1-2,5-8H2,3H3,(H,15,16). The van der Waals surface area contributed by atoms with Crippen LogP contribution in [0.2, 0.25) is 0 Å². The second-order valence-corrected chi connectivity index (χ2v) is 5.13. The first-order chi connectivity index (χ1) is 8.49. The summed E-state index contributed by atoms with van der Waals surface area (Å²) in [6.07, 6.45) is 3.23. The zero-order chi connectivity index (χ0) is 13.3. The Morgan fingerprint density at radius 1 is 1.56 bits per heavy atom. The molecule has 2 fully saturated rings. The van der Waals surface area contributed by atoms with E-state index in [1.165, 1.54) is 13.1 Å². The minimum atomic E-state index is -0.532. The molecule has 1 aliphatic carbocycles. The molecule has 0 atom stereocenters. The van der Waals surface area contributed by atoms with Gasteiger partial charge in [0.1, 0.15) is 0 Å². The SMILES string of the molecule is C=CC(=O)N1CC2(CC(N/C(=N/C)C(=C)F)C2)C1. The van der Waals surface area contributed by atoms with Crippen molar-refractivity contribution < 1.29 is 9.18 Å². The summed E-state index contributed by atoms with van der Waals surface area (Å²) in [5, 5.41) is 3.04. The van der Waals surface area contributed by atoms with Gasteiger partial charge in [0.15, 0.2) is 11.7 Å². The number of likely N-dealkylation sites (tertiary alicyclic amines) is 1. The molecular formula is C13H18FN3O. The van der Waals surface area contributed by atoms with Crippen LogP contribution in [-0.4, -0.2) is 42.8 Å². The van der Waals surface area contributed by atoms with Crippen molar-refractivity contribution in [1.29, 1.82) is 0 Å². The average Bonchev–Trinajstić information content (AvgIpc) is 2.23. The smallest absolute Gasteiger partial charge is 0.245 e. The van der Waals surface area contributed by atoms with Crippen molar-refractivity contribution in [2.45, 2.75) is 18.9 Å². The highest BCUT2D eigenvalue weighted by molar-refractivity contribution is 5.95. The van der Waals surface area contributed by atoms with Gasteiger partial charge in [-0.05, 0) is 18.9 Å². The number of amidine groups is 1. The van der Waals surface area contributed by atoms with E-state index in [-0.39, 0.29) is 23.2 Å². The Hall–Kier alpha value is -1.65. The van der Waals surface area contributed by atoms with E-state index in [2.05, 4.69) is 23.5 Å². The van der Waals surface area contributed by atoms with Crippen molar-refractivity contribution in [2.75, 3.05) is 20.1 Å². The summed E-state index contributed by atoms with van der Waals surface area (Å²) < 4.78 is 12.9. The molecule has 4 nitrogen and oxygen atoms in total. The summed E-state index contributed by atoms with van der Waals surface area (Å²) in [4.78, 5) is 16.9. The molecule has 1 N–H and O–H groups in total. The number of hydrogen-bond acceptors (Lipinski definition) is 2. The number of carbonyl (C=O) groups is 1. The van der Waals surface area contributed by atoms with Gasteiger partial charge in [0.2, 0.25) is 5.91 Å². The zero-order valence-electron chi connectivity index (χ0n) is 10.6. The molecule has 0 aromatic heterocycles. The molecule has 1 aliphatic heterocycles. The Balaban J connectivity index is 1.77. The number of nitrogens with one attached hydrogen (secondary N) is 1. The normalized spacial score (nSPS) is 22.1. The molecule has 0 aromatic rings. The highest BCUT2D eigenvalue weighted by Gasteiger charge is 2.53. The van der Waals surface area contributed by atoms with Crippen LogP contribution >= 0.6 is 0 Å². The van der Waals surface area contributed by atoms with E-state index >= 15 is 0 Å². The minimum Gasteiger partial charge on any atom is -0.365 e. The van der Waals surface area contributed by atoms with Crippen LogP contribution in [0, 0.1) is 5.41 Å². The molecule has 18 heavy (non-hydrogen) atoms. The summed E-state index contributed by atoms with van der Waals surface area (Å²) in [5.41, 5.74) is 0.229. The van der Waals surface area contributed by atoms with Crippen LogP contribution in [0.15, 0.2) is 30.1 Å². The van der Waals surface area contributed by atoms with Crippen LogP contribution in [0.4, 0.5) is 4.39 Å². The topological polar surface area (TPSA) is 44.7 Å². The summed E-state index contributed by atoms with van der Waals surface area (Å²) in [7, 11) is 1.54. The van der Waals surface area contributed by atoms with Crippen molar-refractivity contribution in [3.63, 3.8) is 0 Å². The van der Waals surface area contributed by atoms with Crippen LogP contribution in [0.1, 0.15) is 12.8 Å². The average molecular weight is 251 g/mol. The van der Waals surface area contributed by atoms with Crippen LogP contribution in [0.5, 0.6) is 0 Å². The Morgan fingerprint density at radius 3 is 2.61 bits per heavy atom. The van der Waals surface area contributed by atoms with Crippen molar-refractivity contribution in [2.24, 2.45) is 10.4 Å². The van der Waals surface area contributed by atoms with Crippen LogP contribution in [0.3, 0.4) is 0 Å². The highest BCUT2D eigenvalue weighted by Crippen LogP contribution is 2.48. The third-order valence-corrected chi connectivity index (χ3v) is 3.72. The molecule has 98 valence electrons. The fourth-order valence-electron chi connectivity index (χ4n) is 2.85. The van der Waals surface area contributed by atoms with Gasteiger partial charge in [-0.2, -0.15) is 0 Å². The fourth-order valence-corrected chi connectivity index (χ4v) is 2.85. The molecular weight excluding hydrogens is 233 g/mol. The summed E-state index contributed by atoms with van der Waals surface area (Å²) in [6, 6.07) is 0.234. The molecule has 2 aliphatic rings. The molecule has 1 spiro atoms. The second kappa shape index (κ2) is 4.55. The summed E-state index contributed by atoms with van der Waals surface area (Å²) >= 11 is 0. The van der Waals surface area contributed by atoms with Gasteiger partial charge in [0.25, 0.3) is 0 Å². The molecule has 0 bridgehead atoms. The monoisotopic (exact) mass is 251 g/mol. The van der Waals surface area contributed by atoms with Gasteiger partial charge < -0.3 is 10.2 Å². The van der Waals surface area contributed by atoms with E-state index in [0.717, 1.165) is 25.9 Å². The van der Waals surface area contributed by atoms with Crippen molar-refractivity contribution >= 4 is 11.7 Å². The number of halogens is 1. The number of nitrogens with zero attached hydrogens (tertiary/aromatic N) is 2. The van der Waals surface area contributed by atoms with E-state index in [9.17, 15) is 9.18 Å². The van der Waals surface area contributed by atoms with Gasteiger partial charge in [-0.15, -0.1) is 0 Å². The number of rotatable bonds is 3. The first-order valence-electron chi connectivity index (χ1n) is 5.99. The maximum absolute atomic E-state index is 12.9. The largest absolute Gasteiger partial charge is 0.365 e.